The molecule has 4 rings (SSSR count). The maximum Gasteiger partial charge on any atom is 0.243 e. The molecule has 6 nitrogen and oxygen atoms in total. The van der Waals surface area contributed by atoms with Crippen LogP contribution in [0.2, 0.25) is 5.02 Å². The summed E-state index contributed by atoms with van der Waals surface area (Å²) < 4.78 is 27.1. The van der Waals surface area contributed by atoms with Gasteiger partial charge in [-0.15, -0.1) is 0 Å². The third kappa shape index (κ3) is 5.22. The average molecular weight is 462 g/mol. The van der Waals surface area contributed by atoms with Gasteiger partial charge in [0.2, 0.25) is 15.9 Å². The van der Waals surface area contributed by atoms with Gasteiger partial charge in [-0.2, -0.15) is 4.31 Å². The van der Waals surface area contributed by atoms with E-state index in [1.165, 1.54) is 0 Å². The van der Waals surface area contributed by atoms with Crippen LogP contribution in [0.25, 0.3) is 0 Å². The Bertz CT molecular complexity index is 1030. The third-order valence-electron chi connectivity index (χ3n) is 5.92. The first-order chi connectivity index (χ1) is 14.9. The minimum Gasteiger partial charge on any atom is -0.370 e. The topological polar surface area (TPSA) is 69.7 Å². The van der Waals surface area contributed by atoms with Crippen molar-refractivity contribution in [3.63, 3.8) is 0 Å². The van der Waals surface area contributed by atoms with Crippen LogP contribution < -0.4 is 10.2 Å². The zero-order valence-corrected chi connectivity index (χ0v) is 19.1. The predicted octanol–water partition coefficient (Wildman–Crippen LogP) is 4.30. The summed E-state index contributed by atoms with van der Waals surface area (Å²) in [4.78, 5) is 15.2. The molecule has 2 saturated heterocycles. The van der Waals surface area contributed by atoms with Crippen molar-refractivity contribution in [2.24, 2.45) is 0 Å². The van der Waals surface area contributed by atoms with Crippen molar-refractivity contribution in [3.05, 3.63) is 53.1 Å². The first-order valence-corrected chi connectivity index (χ1v) is 12.7. The number of anilines is 2. The number of carbonyl (C=O) groups excluding carboxylic acids is 1. The van der Waals surface area contributed by atoms with Crippen molar-refractivity contribution in [2.75, 3.05) is 36.4 Å². The maximum absolute atomic E-state index is 12.8. The van der Waals surface area contributed by atoms with Crippen LogP contribution in [0.3, 0.4) is 0 Å². The van der Waals surface area contributed by atoms with E-state index in [0.717, 1.165) is 56.4 Å². The summed E-state index contributed by atoms with van der Waals surface area (Å²) in [6.45, 7) is 3.09. The second kappa shape index (κ2) is 9.59. The minimum absolute atomic E-state index is 0.158. The van der Waals surface area contributed by atoms with Crippen molar-refractivity contribution in [1.82, 2.24) is 4.31 Å². The van der Waals surface area contributed by atoms with E-state index in [2.05, 4.69) is 10.2 Å². The molecular weight excluding hydrogens is 434 g/mol. The van der Waals surface area contributed by atoms with E-state index in [4.69, 9.17) is 11.6 Å². The summed E-state index contributed by atoms with van der Waals surface area (Å²) in [5, 5.41) is 3.56. The summed E-state index contributed by atoms with van der Waals surface area (Å²) in [5.41, 5.74) is 2.46. The van der Waals surface area contributed by atoms with E-state index in [-0.39, 0.29) is 17.2 Å². The highest BCUT2D eigenvalue weighted by molar-refractivity contribution is 7.89. The molecule has 0 atom stereocenters. The lowest BCUT2D eigenvalue weighted by molar-refractivity contribution is -0.115. The molecule has 1 N–H and O–H groups in total. The van der Waals surface area contributed by atoms with Gasteiger partial charge in [0.1, 0.15) is 0 Å². The molecule has 31 heavy (non-hydrogen) atoms. The molecule has 2 aromatic rings. The van der Waals surface area contributed by atoms with Crippen LogP contribution >= 0.6 is 11.6 Å². The number of amides is 1. The van der Waals surface area contributed by atoms with Crippen LogP contribution in [0.5, 0.6) is 0 Å². The van der Waals surface area contributed by atoms with E-state index >= 15 is 0 Å². The molecule has 0 spiro atoms. The number of sulfonamides is 1. The Labute approximate surface area is 189 Å². The molecular formula is C23H28ClN3O3S. The molecule has 8 heteroatoms. The molecule has 1 amide bonds. The molecule has 0 aliphatic carbocycles. The lowest BCUT2D eigenvalue weighted by atomic mass is 10.1. The molecule has 0 bridgehead atoms. The van der Waals surface area contributed by atoms with Gasteiger partial charge in [-0.3, -0.25) is 4.79 Å². The Hall–Kier alpha value is -2.09. The van der Waals surface area contributed by atoms with Crippen molar-refractivity contribution in [1.29, 1.82) is 0 Å². The molecule has 2 fully saturated rings. The Kier molecular flexibility index (Phi) is 6.84. The van der Waals surface area contributed by atoms with Gasteiger partial charge in [0.15, 0.2) is 0 Å². The minimum atomic E-state index is -3.46. The standard InChI is InChI=1S/C23H28ClN3O3S/c24-19-8-11-22(26-12-4-5-13-26)21(17-19)25-23(28)16-18-6-9-20(10-7-18)31(29,30)27-14-2-1-3-15-27/h6-11,17H,1-5,12-16H2,(H,25,28). The Morgan fingerprint density at radius 2 is 1.55 bits per heavy atom. The van der Waals surface area contributed by atoms with Gasteiger partial charge in [0.25, 0.3) is 0 Å². The first-order valence-electron chi connectivity index (χ1n) is 10.9. The second-order valence-corrected chi connectivity index (χ2v) is 10.6. The molecule has 2 aliphatic heterocycles. The third-order valence-corrected chi connectivity index (χ3v) is 8.07. The maximum atomic E-state index is 12.8. The Morgan fingerprint density at radius 1 is 0.903 bits per heavy atom. The zero-order valence-electron chi connectivity index (χ0n) is 17.5. The summed E-state index contributed by atoms with van der Waals surface area (Å²) in [5.74, 6) is -0.158. The average Bonchev–Trinajstić information content (AvgIpc) is 3.29. The number of hydrogen-bond donors (Lipinski definition) is 1. The van der Waals surface area contributed by atoms with Gasteiger partial charge in [-0.1, -0.05) is 30.2 Å². The number of hydrogen-bond acceptors (Lipinski definition) is 4. The number of piperidine rings is 1. The number of carbonyl (C=O) groups is 1. The van der Waals surface area contributed by atoms with Crippen LogP contribution in [0.15, 0.2) is 47.4 Å². The lowest BCUT2D eigenvalue weighted by Gasteiger charge is -2.25. The van der Waals surface area contributed by atoms with Crippen LogP contribution in [-0.2, 0) is 21.2 Å². The van der Waals surface area contributed by atoms with E-state index < -0.39 is 10.0 Å². The van der Waals surface area contributed by atoms with E-state index in [9.17, 15) is 13.2 Å². The van der Waals surface area contributed by atoms with Gasteiger partial charge in [0.05, 0.1) is 22.7 Å². The fraction of sp³-hybridized carbons (Fsp3) is 0.435. The number of halogens is 1. The van der Waals surface area contributed by atoms with E-state index in [0.29, 0.717) is 23.8 Å². The second-order valence-electron chi connectivity index (χ2n) is 8.19. The molecule has 166 valence electrons. The molecule has 0 radical (unpaired) electrons. The van der Waals surface area contributed by atoms with Crippen molar-refractivity contribution >= 4 is 38.9 Å². The van der Waals surface area contributed by atoms with Crippen molar-refractivity contribution < 1.29 is 13.2 Å². The summed E-state index contributed by atoms with van der Waals surface area (Å²) in [7, 11) is -3.46. The quantitative estimate of drug-likeness (QED) is 0.696. The summed E-state index contributed by atoms with van der Waals surface area (Å²) >= 11 is 6.16. The highest BCUT2D eigenvalue weighted by atomic mass is 35.5. The highest BCUT2D eigenvalue weighted by Gasteiger charge is 2.25. The normalized spacial score (nSPS) is 17.6. The van der Waals surface area contributed by atoms with E-state index in [1.54, 1.807) is 34.6 Å². The molecule has 2 aromatic carbocycles. The van der Waals surface area contributed by atoms with Crippen LogP contribution in [0, 0.1) is 0 Å². The Balaban J connectivity index is 1.43. The van der Waals surface area contributed by atoms with Gasteiger partial charge in [-0.25, -0.2) is 8.42 Å². The molecule has 2 heterocycles. The fourth-order valence-corrected chi connectivity index (χ4v) is 5.94. The van der Waals surface area contributed by atoms with Crippen LogP contribution in [-0.4, -0.2) is 44.8 Å². The molecule has 2 aliphatic rings. The van der Waals surface area contributed by atoms with Crippen LogP contribution in [0.4, 0.5) is 11.4 Å². The first kappa shape index (κ1) is 22.1. The molecule has 0 saturated carbocycles. The Morgan fingerprint density at radius 3 is 2.23 bits per heavy atom. The largest absolute Gasteiger partial charge is 0.370 e. The zero-order chi connectivity index (χ0) is 21.8. The van der Waals surface area contributed by atoms with Crippen molar-refractivity contribution in [2.45, 2.75) is 43.4 Å². The monoisotopic (exact) mass is 461 g/mol. The van der Waals surface area contributed by atoms with Crippen LogP contribution in [0.1, 0.15) is 37.7 Å². The van der Waals surface area contributed by atoms with Gasteiger partial charge in [-0.05, 0) is 61.6 Å². The SMILES string of the molecule is O=C(Cc1ccc(S(=O)(=O)N2CCCCC2)cc1)Nc1cc(Cl)ccc1N1CCCC1. The lowest BCUT2D eigenvalue weighted by Crippen LogP contribution is -2.35. The number of nitrogens with one attached hydrogen (secondary N) is 1. The molecule has 0 aromatic heterocycles. The van der Waals surface area contributed by atoms with Gasteiger partial charge < -0.3 is 10.2 Å². The summed E-state index contributed by atoms with van der Waals surface area (Å²) in [6, 6.07) is 12.2. The number of nitrogens with zero attached hydrogens (tertiary/aromatic N) is 2. The summed E-state index contributed by atoms with van der Waals surface area (Å²) in [6.07, 6.45) is 5.33. The smallest absolute Gasteiger partial charge is 0.243 e. The van der Waals surface area contributed by atoms with Gasteiger partial charge >= 0.3 is 0 Å². The fourth-order valence-electron chi connectivity index (χ4n) is 4.26. The van der Waals surface area contributed by atoms with Crippen molar-refractivity contribution in [3.8, 4) is 0 Å². The van der Waals surface area contributed by atoms with Gasteiger partial charge in [0, 0.05) is 31.2 Å². The molecule has 0 unspecified atom stereocenters. The number of rotatable bonds is 6. The highest BCUT2D eigenvalue weighted by Crippen LogP contribution is 2.31. The number of benzene rings is 2. The van der Waals surface area contributed by atoms with E-state index in [1.807, 2.05) is 12.1 Å². The predicted molar refractivity (Wildman–Crippen MR) is 124 cm³/mol.